The second-order valence-corrected chi connectivity index (χ2v) is 4.70. The maximum atomic E-state index is 12.0. The molecule has 1 aliphatic rings. The Labute approximate surface area is 102 Å². The van der Waals surface area contributed by atoms with Gasteiger partial charge in [-0.15, -0.1) is 0 Å². The summed E-state index contributed by atoms with van der Waals surface area (Å²) in [5, 5.41) is 6.37. The molecule has 94 valence electrons. The van der Waals surface area contributed by atoms with Crippen molar-refractivity contribution in [2.24, 2.45) is 0 Å². The molecule has 1 fully saturated rings. The summed E-state index contributed by atoms with van der Waals surface area (Å²) in [7, 11) is 2.00. The van der Waals surface area contributed by atoms with Gasteiger partial charge in [0.2, 0.25) is 0 Å². The van der Waals surface area contributed by atoms with Crippen LogP contribution in [0.5, 0.6) is 0 Å². The number of furan rings is 1. The fourth-order valence-electron chi connectivity index (χ4n) is 2.41. The average Bonchev–Trinajstić information content (AvgIpc) is 2.76. The van der Waals surface area contributed by atoms with Gasteiger partial charge in [0.1, 0.15) is 5.76 Å². The Morgan fingerprint density at radius 2 is 1.94 bits per heavy atom. The Morgan fingerprint density at radius 1 is 1.29 bits per heavy atom. The van der Waals surface area contributed by atoms with Crippen LogP contribution in [-0.4, -0.2) is 25.0 Å². The van der Waals surface area contributed by atoms with Crippen molar-refractivity contribution in [3.8, 4) is 0 Å². The van der Waals surface area contributed by atoms with Crippen LogP contribution in [0.25, 0.3) is 0 Å². The summed E-state index contributed by atoms with van der Waals surface area (Å²) >= 11 is 0. The summed E-state index contributed by atoms with van der Waals surface area (Å²) in [5.41, 5.74) is 0.653. The minimum absolute atomic E-state index is 0.0100. The lowest BCUT2D eigenvalue weighted by Crippen LogP contribution is -2.41. The first kappa shape index (κ1) is 12.2. The maximum Gasteiger partial charge on any atom is 0.255 e. The van der Waals surface area contributed by atoms with Crippen LogP contribution < -0.4 is 10.6 Å². The molecule has 4 nitrogen and oxygen atoms in total. The zero-order valence-corrected chi connectivity index (χ0v) is 10.5. The van der Waals surface area contributed by atoms with Crippen molar-refractivity contribution in [3.63, 3.8) is 0 Å². The molecule has 1 aromatic heterocycles. The molecule has 0 radical (unpaired) electrons. The Morgan fingerprint density at radius 3 is 2.47 bits per heavy atom. The fraction of sp³-hybridized carbons (Fsp3) is 0.615. The summed E-state index contributed by atoms with van der Waals surface area (Å²) in [4.78, 5) is 12.0. The standard InChI is InChI=1S/C13H20N2O2/c1-9-12(7-8-17-9)13(16)15-11-5-3-10(14-2)4-6-11/h7-8,10-11,14H,3-6H2,1-2H3,(H,15,16). The number of rotatable bonds is 3. The molecule has 0 unspecified atom stereocenters. The number of carbonyl (C=O) groups is 1. The highest BCUT2D eigenvalue weighted by Gasteiger charge is 2.22. The summed E-state index contributed by atoms with van der Waals surface area (Å²) in [5.74, 6) is 0.676. The molecule has 2 N–H and O–H groups in total. The van der Waals surface area contributed by atoms with E-state index >= 15 is 0 Å². The van der Waals surface area contributed by atoms with Gasteiger partial charge in [0, 0.05) is 12.1 Å². The molecule has 2 rings (SSSR count). The van der Waals surface area contributed by atoms with E-state index in [9.17, 15) is 4.79 Å². The zero-order valence-electron chi connectivity index (χ0n) is 10.5. The summed E-state index contributed by atoms with van der Waals surface area (Å²) in [6.45, 7) is 1.81. The maximum absolute atomic E-state index is 12.0. The van der Waals surface area contributed by atoms with Crippen molar-refractivity contribution < 1.29 is 9.21 Å². The molecule has 1 amide bonds. The van der Waals surface area contributed by atoms with Gasteiger partial charge in [-0.1, -0.05) is 0 Å². The van der Waals surface area contributed by atoms with E-state index in [0.29, 0.717) is 23.4 Å². The van der Waals surface area contributed by atoms with Crippen LogP contribution in [0.15, 0.2) is 16.7 Å². The van der Waals surface area contributed by atoms with Gasteiger partial charge in [-0.05, 0) is 45.7 Å². The van der Waals surface area contributed by atoms with E-state index in [-0.39, 0.29) is 5.91 Å². The highest BCUT2D eigenvalue weighted by molar-refractivity contribution is 5.95. The highest BCUT2D eigenvalue weighted by Crippen LogP contribution is 2.19. The van der Waals surface area contributed by atoms with Crippen LogP contribution in [0.3, 0.4) is 0 Å². The van der Waals surface area contributed by atoms with Crippen molar-refractivity contribution in [1.82, 2.24) is 10.6 Å². The van der Waals surface area contributed by atoms with Gasteiger partial charge in [-0.2, -0.15) is 0 Å². The molecule has 1 aliphatic carbocycles. The Balaban J connectivity index is 1.86. The summed E-state index contributed by atoms with van der Waals surface area (Å²) in [6.07, 6.45) is 5.92. The predicted molar refractivity (Wildman–Crippen MR) is 66.0 cm³/mol. The Hall–Kier alpha value is -1.29. The van der Waals surface area contributed by atoms with Crippen molar-refractivity contribution in [2.45, 2.75) is 44.7 Å². The monoisotopic (exact) mass is 236 g/mol. The molecule has 17 heavy (non-hydrogen) atoms. The molecule has 4 heteroatoms. The van der Waals surface area contributed by atoms with Crippen molar-refractivity contribution in [3.05, 3.63) is 23.7 Å². The molecular formula is C13H20N2O2. The predicted octanol–water partition coefficient (Wildman–Crippen LogP) is 1.85. The topological polar surface area (TPSA) is 54.3 Å². The van der Waals surface area contributed by atoms with Gasteiger partial charge in [0.25, 0.3) is 5.91 Å². The van der Waals surface area contributed by atoms with E-state index in [1.807, 2.05) is 14.0 Å². The van der Waals surface area contributed by atoms with Gasteiger partial charge >= 0.3 is 0 Å². The third-order valence-electron chi connectivity index (χ3n) is 3.57. The molecule has 0 bridgehead atoms. The number of hydrogen-bond acceptors (Lipinski definition) is 3. The van der Waals surface area contributed by atoms with Crippen LogP contribution in [0, 0.1) is 6.92 Å². The smallest absolute Gasteiger partial charge is 0.255 e. The lowest BCUT2D eigenvalue weighted by atomic mass is 9.91. The number of nitrogens with one attached hydrogen (secondary N) is 2. The van der Waals surface area contributed by atoms with E-state index in [1.165, 1.54) is 0 Å². The van der Waals surface area contributed by atoms with E-state index in [4.69, 9.17) is 4.42 Å². The number of aryl methyl sites for hydroxylation is 1. The SMILES string of the molecule is CNC1CCC(NC(=O)c2ccoc2C)CC1. The van der Waals surface area contributed by atoms with Crippen molar-refractivity contribution in [2.75, 3.05) is 7.05 Å². The van der Waals surface area contributed by atoms with Crippen LogP contribution in [0.2, 0.25) is 0 Å². The van der Waals surface area contributed by atoms with Crippen LogP contribution in [0.1, 0.15) is 41.8 Å². The minimum atomic E-state index is -0.0100. The normalized spacial score (nSPS) is 24.6. The third kappa shape index (κ3) is 2.88. The fourth-order valence-corrected chi connectivity index (χ4v) is 2.41. The second kappa shape index (κ2) is 5.36. The van der Waals surface area contributed by atoms with Gasteiger partial charge in [0.05, 0.1) is 11.8 Å². The molecule has 1 heterocycles. The van der Waals surface area contributed by atoms with E-state index in [1.54, 1.807) is 12.3 Å². The number of hydrogen-bond donors (Lipinski definition) is 2. The lowest BCUT2D eigenvalue weighted by Gasteiger charge is -2.28. The van der Waals surface area contributed by atoms with E-state index in [2.05, 4.69) is 10.6 Å². The molecule has 1 saturated carbocycles. The first-order valence-electron chi connectivity index (χ1n) is 6.23. The number of carbonyl (C=O) groups excluding carboxylic acids is 1. The van der Waals surface area contributed by atoms with Gasteiger partial charge in [-0.25, -0.2) is 0 Å². The van der Waals surface area contributed by atoms with Crippen LogP contribution >= 0.6 is 0 Å². The largest absolute Gasteiger partial charge is 0.469 e. The molecule has 0 saturated heterocycles. The summed E-state index contributed by atoms with van der Waals surface area (Å²) < 4.78 is 5.14. The lowest BCUT2D eigenvalue weighted by molar-refractivity contribution is 0.0923. The van der Waals surface area contributed by atoms with Crippen molar-refractivity contribution in [1.29, 1.82) is 0 Å². The Kier molecular flexibility index (Phi) is 3.84. The minimum Gasteiger partial charge on any atom is -0.469 e. The summed E-state index contributed by atoms with van der Waals surface area (Å²) in [6, 6.07) is 2.64. The molecule has 0 spiro atoms. The molecular weight excluding hydrogens is 216 g/mol. The van der Waals surface area contributed by atoms with E-state index < -0.39 is 0 Å². The zero-order chi connectivity index (χ0) is 12.3. The third-order valence-corrected chi connectivity index (χ3v) is 3.57. The number of amides is 1. The molecule has 0 atom stereocenters. The van der Waals surface area contributed by atoms with Gasteiger partial charge < -0.3 is 15.1 Å². The molecule has 0 aromatic carbocycles. The van der Waals surface area contributed by atoms with Gasteiger partial charge in [0.15, 0.2) is 0 Å². The first-order chi connectivity index (χ1) is 8.20. The van der Waals surface area contributed by atoms with Crippen LogP contribution in [0.4, 0.5) is 0 Å². The Bertz CT molecular complexity index is 379. The second-order valence-electron chi connectivity index (χ2n) is 4.70. The van der Waals surface area contributed by atoms with Gasteiger partial charge in [-0.3, -0.25) is 4.79 Å². The van der Waals surface area contributed by atoms with Crippen molar-refractivity contribution >= 4 is 5.91 Å². The first-order valence-corrected chi connectivity index (χ1v) is 6.23. The molecule has 1 aromatic rings. The quantitative estimate of drug-likeness (QED) is 0.842. The molecule has 0 aliphatic heterocycles. The highest BCUT2D eigenvalue weighted by atomic mass is 16.3. The van der Waals surface area contributed by atoms with E-state index in [0.717, 1.165) is 25.7 Å². The van der Waals surface area contributed by atoms with Crippen LogP contribution in [-0.2, 0) is 0 Å². The average molecular weight is 236 g/mol.